The molecule has 124 valence electrons. The Kier molecular flexibility index (Phi) is 2.52. The lowest BCUT2D eigenvalue weighted by Gasteiger charge is -2.54. The van der Waals surface area contributed by atoms with Crippen LogP contribution in [0, 0.1) is 11.8 Å². The second-order valence-corrected chi connectivity index (χ2v) is 9.60. The highest BCUT2D eigenvalue weighted by Gasteiger charge is 2.63. The lowest BCUT2D eigenvalue weighted by atomic mass is 9.51. The van der Waals surface area contributed by atoms with E-state index in [1.807, 2.05) is 6.07 Å². The van der Waals surface area contributed by atoms with Gasteiger partial charge in [-0.3, -0.25) is 4.98 Å². The van der Waals surface area contributed by atoms with Gasteiger partial charge in [-0.1, -0.05) is 48.6 Å². The molecule has 1 saturated carbocycles. The summed E-state index contributed by atoms with van der Waals surface area (Å²) in [4.78, 5) is 5.01. The first-order valence-electron chi connectivity index (χ1n) is 8.82. The van der Waals surface area contributed by atoms with Crippen LogP contribution in [0.5, 0.6) is 0 Å². The summed E-state index contributed by atoms with van der Waals surface area (Å²) in [6, 6.07) is 11.9. The van der Waals surface area contributed by atoms with Crippen LogP contribution in [0.15, 0.2) is 71.8 Å². The standard InChI is InChI=1S/C21H17NO2S/c23-25(24)16-10-5-11-22-20(16)19-17-12-6-1-3-8-14(12)18(21(19)25)15-9-4-2-7-13(15)17/h1-12,14,17-19,21H/t12?,14-,17?,18?,19+,21+/m0/s1. The summed E-state index contributed by atoms with van der Waals surface area (Å²) in [5.41, 5.74) is 3.34. The fourth-order valence-corrected chi connectivity index (χ4v) is 8.34. The summed E-state index contributed by atoms with van der Waals surface area (Å²) in [5, 5.41) is -0.380. The number of allylic oxidation sites excluding steroid dienone is 4. The number of aromatic nitrogens is 1. The van der Waals surface area contributed by atoms with Crippen molar-refractivity contribution in [2.24, 2.45) is 11.8 Å². The second-order valence-electron chi connectivity index (χ2n) is 7.53. The van der Waals surface area contributed by atoms with Crippen LogP contribution in [-0.2, 0) is 9.84 Å². The van der Waals surface area contributed by atoms with Gasteiger partial charge in [0, 0.05) is 24.0 Å². The minimum absolute atomic E-state index is 0.0107. The minimum atomic E-state index is -3.35. The predicted molar refractivity (Wildman–Crippen MR) is 95.1 cm³/mol. The number of fused-ring (bicyclic) bond motifs is 1. The Bertz CT molecular complexity index is 1070. The zero-order valence-corrected chi connectivity index (χ0v) is 14.3. The number of sulfone groups is 1. The second kappa shape index (κ2) is 4.50. The molecule has 4 aliphatic carbocycles. The molecule has 0 spiro atoms. The van der Waals surface area contributed by atoms with E-state index in [1.54, 1.807) is 18.3 Å². The molecule has 0 saturated heterocycles. The molecule has 2 heterocycles. The summed E-state index contributed by atoms with van der Waals surface area (Å²) in [7, 11) is -3.35. The largest absolute Gasteiger partial charge is 0.260 e. The van der Waals surface area contributed by atoms with Gasteiger partial charge in [0.1, 0.15) is 0 Å². The van der Waals surface area contributed by atoms with Crippen LogP contribution in [0.2, 0.25) is 0 Å². The van der Waals surface area contributed by atoms with Crippen LogP contribution < -0.4 is 0 Å². The number of rotatable bonds is 0. The van der Waals surface area contributed by atoms with Gasteiger partial charge < -0.3 is 0 Å². The van der Waals surface area contributed by atoms with E-state index in [-0.39, 0.29) is 28.9 Å². The van der Waals surface area contributed by atoms with Crippen molar-refractivity contribution in [3.63, 3.8) is 0 Å². The van der Waals surface area contributed by atoms with E-state index in [1.165, 1.54) is 11.1 Å². The van der Waals surface area contributed by atoms with E-state index < -0.39 is 9.84 Å². The van der Waals surface area contributed by atoms with Crippen LogP contribution >= 0.6 is 0 Å². The summed E-state index contributed by atoms with van der Waals surface area (Å²) < 4.78 is 26.8. The average Bonchev–Trinajstić information content (AvgIpc) is 2.90. The van der Waals surface area contributed by atoms with Gasteiger partial charge in [-0.2, -0.15) is 0 Å². The Balaban J connectivity index is 1.70. The Morgan fingerprint density at radius 3 is 2.24 bits per heavy atom. The average molecular weight is 347 g/mol. The topological polar surface area (TPSA) is 47.0 Å². The normalized spacial score (nSPS) is 37.9. The summed E-state index contributed by atoms with van der Waals surface area (Å²) in [5.74, 6) is 0.781. The molecule has 2 bridgehead atoms. The third kappa shape index (κ3) is 1.53. The Labute approximate surface area is 147 Å². The fraction of sp³-hybridized carbons (Fsp3) is 0.286. The summed E-state index contributed by atoms with van der Waals surface area (Å²) >= 11 is 0. The number of nitrogens with zero attached hydrogens (tertiary/aromatic N) is 1. The first-order chi connectivity index (χ1) is 12.2. The van der Waals surface area contributed by atoms with Crippen molar-refractivity contribution in [2.45, 2.75) is 27.9 Å². The molecular weight excluding hydrogens is 330 g/mol. The van der Waals surface area contributed by atoms with E-state index in [9.17, 15) is 8.42 Å². The number of benzene rings is 1. The highest BCUT2D eigenvalue weighted by atomic mass is 32.2. The van der Waals surface area contributed by atoms with Gasteiger partial charge in [0.25, 0.3) is 0 Å². The summed E-state index contributed by atoms with van der Waals surface area (Å²) in [6.07, 6.45) is 10.4. The van der Waals surface area contributed by atoms with Gasteiger partial charge in [-0.15, -0.1) is 0 Å². The molecule has 0 radical (unpaired) electrons. The molecule has 0 amide bonds. The molecule has 1 aliphatic heterocycles. The maximum atomic E-state index is 13.4. The monoisotopic (exact) mass is 347 g/mol. The first kappa shape index (κ1) is 14.0. The molecule has 1 fully saturated rings. The van der Waals surface area contributed by atoms with Crippen molar-refractivity contribution in [3.05, 3.63) is 83.7 Å². The van der Waals surface area contributed by atoms with Crippen molar-refractivity contribution in [1.82, 2.24) is 4.98 Å². The predicted octanol–water partition coefficient (Wildman–Crippen LogP) is 3.57. The molecule has 4 heteroatoms. The zero-order chi connectivity index (χ0) is 16.8. The lowest BCUT2D eigenvalue weighted by molar-refractivity contribution is 0.200. The highest BCUT2D eigenvalue weighted by molar-refractivity contribution is 7.92. The minimum Gasteiger partial charge on any atom is -0.260 e. The van der Waals surface area contributed by atoms with E-state index in [4.69, 9.17) is 0 Å². The number of hydrogen-bond acceptors (Lipinski definition) is 3. The molecule has 1 aromatic carbocycles. The van der Waals surface area contributed by atoms with Gasteiger partial charge in [0.05, 0.1) is 15.8 Å². The molecule has 25 heavy (non-hydrogen) atoms. The van der Waals surface area contributed by atoms with E-state index in [0.29, 0.717) is 10.8 Å². The maximum absolute atomic E-state index is 13.4. The first-order valence-corrected chi connectivity index (χ1v) is 10.4. The van der Waals surface area contributed by atoms with E-state index >= 15 is 0 Å². The van der Waals surface area contributed by atoms with Crippen LogP contribution in [0.3, 0.4) is 0 Å². The van der Waals surface area contributed by atoms with Crippen molar-refractivity contribution in [1.29, 1.82) is 0 Å². The van der Waals surface area contributed by atoms with E-state index in [0.717, 1.165) is 5.69 Å². The van der Waals surface area contributed by atoms with Crippen LogP contribution in [0.1, 0.15) is 34.6 Å². The molecule has 7 rings (SSSR count). The fourth-order valence-electron chi connectivity index (χ4n) is 5.90. The van der Waals surface area contributed by atoms with Gasteiger partial charge in [0.15, 0.2) is 9.84 Å². The molecule has 3 nitrogen and oxygen atoms in total. The van der Waals surface area contributed by atoms with E-state index in [2.05, 4.69) is 47.5 Å². The van der Waals surface area contributed by atoms with Crippen molar-refractivity contribution in [2.75, 3.05) is 0 Å². The smallest absolute Gasteiger partial charge is 0.184 e. The third-order valence-corrected chi connectivity index (χ3v) is 8.90. The Morgan fingerprint density at radius 2 is 1.48 bits per heavy atom. The highest BCUT2D eigenvalue weighted by Crippen LogP contribution is 2.67. The van der Waals surface area contributed by atoms with Gasteiger partial charge in [-0.05, 0) is 35.1 Å². The van der Waals surface area contributed by atoms with Crippen molar-refractivity contribution < 1.29 is 8.42 Å². The molecular formula is C21H17NO2S. The van der Waals surface area contributed by atoms with Crippen LogP contribution in [-0.4, -0.2) is 18.7 Å². The third-order valence-electron chi connectivity index (χ3n) is 6.64. The SMILES string of the molecule is O=S1(=O)c2cccnc2[C@H]2C3c4ccccc4C([C@H]4C=CC=CC34)[C@H]21. The molecule has 1 aromatic heterocycles. The summed E-state index contributed by atoms with van der Waals surface area (Å²) in [6.45, 7) is 0. The van der Waals surface area contributed by atoms with Gasteiger partial charge >= 0.3 is 0 Å². The molecule has 5 aliphatic rings. The van der Waals surface area contributed by atoms with Crippen molar-refractivity contribution >= 4 is 9.84 Å². The molecule has 0 N–H and O–H groups in total. The van der Waals surface area contributed by atoms with Crippen LogP contribution in [0.4, 0.5) is 0 Å². The Morgan fingerprint density at radius 1 is 0.800 bits per heavy atom. The molecule has 3 unspecified atom stereocenters. The lowest BCUT2D eigenvalue weighted by Crippen LogP contribution is -2.50. The number of hydrogen-bond donors (Lipinski definition) is 0. The van der Waals surface area contributed by atoms with Crippen LogP contribution in [0.25, 0.3) is 0 Å². The zero-order valence-electron chi connectivity index (χ0n) is 13.5. The Hall–Kier alpha value is -2.20. The molecule has 2 aromatic rings. The van der Waals surface area contributed by atoms with Gasteiger partial charge in [-0.25, -0.2) is 8.42 Å². The van der Waals surface area contributed by atoms with Gasteiger partial charge in [0.2, 0.25) is 0 Å². The van der Waals surface area contributed by atoms with Crippen molar-refractivity contribution in [3.8, 4) is 0 Å². The quantitative estimate of drug-likeness (QED) is 0.732. The number of pyridine rings is 1. The maximum Gasteiger partial charge on any atom is 0.184 e. The molecule has 6 atom stereocenters.